The molecular formula is C19H19B3N8O3S. The van der Waals surface area contributed by atoms with Crippen LogP contribution in [0.1, 0.15) is 27.6 Å². The second kappa shape index (κ2) is 9.79. The number of nitrogens with zero attached hydrogens (tertiary/aromatic N) is 5. The summed E-state index contributed by atoms with van der Waals surface area (Å²) in [7, 11) is 13.1. The van der Waals surface area contributed by atoms with Gasteiger partial charge >= 0.3 is 0 Å². The first-order chi connectivity index (χ1) is 15.8. The number of aryl methyl sites for hydroxylation is 2. The quantitative estimate of drug-likeness (QED) is 0.387. The van der Waals surface area contributed by atoms with Crippen molar-refractivity contribution >= 4 is 62.4 Å². The van der Waals surface area contributed by atoms with Crippen molar-refractivity contribution in [3.63, 3.8) is 0 Å². The highest BCUT2D eigenvalue weighted by atomic mass is 32.2. The first-order valence-electron chi connectivity index (χ1n) is 9.84. The van der Waals surface area contributed by atoms with Gasteiger partial charge in [0.2, 0.25) is 0 Å². The lowest BCUT2D eigenvalue weighted by Crippen LogP contribution is -2.50. The van der Waals surface area contributed by atoms with E-state index < -0.39 is 21.0 Å². The van der Waals surface area contributed by atoms with Crippen molar-refractivity contribution in [2.75, 3.05) is 16.9 Å². The van der Waals surface area contributed by atoms with Crippen LogP contribution >= 0.6 is 0 Å². The molecule has 0 fully saturated rings. The molecule has 3 aromatic heterocycles. The minimum atomic E-state index is -3.36. The zero-order valence-electron chi connectivity index (χ0n) is 18.7. The van der Waals surface area contributed by atoms with Crippen LogP contribution in [0.15, 0.2) is 30.5 Å². The van der Waals surface area contributed by atoms with E-state index in [4.69, 9.17) is 23.5 Å². The van der Waals surface area contributed by atoms with Crippen LogP contribution in [0.4, 0.5) is 23.1 Å². The van der Waals surface area contributed by atoms with Gasteiger partial charge in [-0.15, -0.1) is 10.2 Å². The lowest BCUT2D eigenvalue weighted by Gasteiger charge is -2.22. The van der Waals surface area contributed by atoms with Crippen LogP contribution in [-0.4, -0.2) is 74.5 Å². The Hall–Kier alpha value is -3.48. The maximum absolute atomic E-state index is 12.7. The third-order valence-corrected chi connectivity index (χ3v) is 4.96. The number of nitrogens with one attached hydrogen (secondary N) is 3. The Bertz CT molecular complexity index is 1310. The van der Waals surface area contributed by atoms with Gasteiger partial charge in [0.15, 0.2) is 21.3 Å². The Morgan fingerprint density at radius 3 is 2.44 bits per heavy atom. The summed E-state index contributed by atoms with van der Waals surface area (Å²) in [5.74, 6) is 0.358. The summed E-state index contributed by atoms with van der Waals surface area (Å²) in [6.45, 7) is 3.56. The van der Waals surface area contributed by atoms with E-state index in [-0.39, 0.29) is 28.8 Å². The van der Waals surface area contributed by atoms with Crippen LogP contribution in [0, 0.1) is 13.8 Å². The van der Waals surface area contributed by atoms with E-state index >= 15 is 0 Å². The smallest absolute Gasteiger partial charge is 0.272 e. The molecule has 0 aliphatic rings. The summed E-state index contributed by atoms with van der Waals surface area (Å²) in [5.41, 5.74) is 1.05. The lowest BCUT2D eigenvalue weighted by atomic mass is 9.49. The zero-order valence-corrected chi connectivity index (χ0v) is 19.5. The van der Waals surface area contributed by atoms with Crippen molar-refractivity contribution < 1.29 is 13.2 Å². The molecule has 0 saturated carbocycles. The fraction of sp³-hybridized carbons (Fsp3) is 0.263. The monoisotopic (exact) mass is 472 g/mol. The first kappa shape index (κ1) is 25.2. The number of hydrogen-bond donors (Lipinski definition) is 3. The summed E-state index contributed by atoms with van der Waals surface area (Å²) < 4.78 is 23.7. The molecule has 0 aliphatic heterocycles. The lowest BCUT2D eigenvalue weighted by molar-refractivity contribution is 0.0947. The Morgan fingerprint density at radius 2 is 1.79 bits per heavy atom. The second-order valence-corrected chi connectivity index (χ2v) is 9.79. The Balaban J connectivity index is 2.03. The molecule has 0 aromatic carbocycles. The van der Waals surface area contributed by atoms with E-state index in [2.05, 4.69) is 41.1 Å². The number of aromatic nitrogens is 5. The molecule has 6 radical (unpaired) electrons. The van der Waals surface area contributed by atoms with E-state index in [0.717, 1.165) is 11.9 Å². The molecule has 0 atom stereocenters. The summed E-state index contributed by atoms with van der Waals surface area (Å²) in [4.78, 5) is 25.4. The highest BCUT2D eigenvalue weighted by Crippen LogP contribution is 2.25. The number of sulfone groups is 1. The number of amides is 1. The SMILES string of the molecule is [B]C([B])([B])NC(=O)c1nnc(Nc2cc(C)nc(C)n2)cc1Nc1ncccc1CS(C)(=O)=O. The molecule has 3 aromatic rings. The van der Waals surface area contributed by atoms with E-state index in [0.29, 0.717) is 17.2 Å². The van der Waals surface area contributed by atoms with E-state index in [1.54, 1.807) is 25.1 Å². The van der Waals surface area contributed by atoms with Crippen molar-refractivity contribution in [1.82, 2.24) is 30.5 Å². The fourth-order valence-electron chi connectivity index (χ4n) is 2.96. The molecular weight excluding hydrogens is 453 g/mol. The van der Waals surface area contributed by atoms with Gasteiger partial charge in [-0.3, -0.25) is 4.79 Å². The summed E-state index contributed by atoms with van der Waals surface area (Å²) >= 11 is 0. The van der Waals surface area contributed by atoms with Gasteiger partial charge in [-0.25, -0.2) is 23.4 Å². The molecule has 0 unspecified atom stereocenters. The Labute approximate surface area is 201 Å². The molecule has 0 saturated heterocycles. The molecule has 34 heavy (non-hydrogen) atoms. The predicted octanol–water partition coefficient (Wildman–Crippen LogP) is 0.157. The second-order valence-electron chi connectivity index (χ2n) is 7.65. The van der Waals surface area contributed by atoms with Gasteiger partial charge in [0, 0.05) is 35.8 Å². The van der Waals surface area contributed by atoms with Crippen molar-refractivity contribution in [3.8, 4) is 0 Å². The largest absolute Gasteiger partial charge is 0.370 e. The maximum atomic E-state index is 12.7. The molecule has 15 heteroatoms. The zero-order chi connectivity index (χ0) is 25.1. The number of rotatable bonds is 8. The van der Waals surface area contributed by atoms with Gasteiger partial charge in [-0.2, -0.15) is 0 Å². The average molecular weight is 472 g/mol. The van der Waals surface area contributed by atoms with Gasteiger partial charge < -0.3 is 16.0 Å². The molecule has 11 nitrogen and oxygen atoms in total. The Morgan fingerprint density at radius 1 is 1.06 bits per heavy atom. The van der Waals surface area contributed by atoms with Crippen LogP contribution in [-0.2, 0) is 15.6 Å². The minimum absolute atomic E-state index is 0.134. The van der Waals surface area contributed by atoms with Crippen LogP contribution in [0.5, 0.6) is 0 Å². The molecule has 168 valence electrons. The number of hydrogen-bond acceptors (Lipinski definition) is 10. The molecule has 1 amide bonds. The van der Waals surface area contributed by atoms with Gasteiger partial charge in [-0.1, -0.05) is 11.3 Å². The van der Waals surface area contributed by atoms with E-state index in [1.807, 2.05) is 6.92 Å². The van der Waals surface area contributed by atoms with Crippen LogP contribution in [0.2, 0.25) is 0 Å². The fourth-order valence-corrected chi connectivity index (χ4v) is 3.76. The molecule has 3 N–H and O–H groups in total. The van der Waals surface area contributed by atoms with Gasteiger partial charge in [0.1, 0.15) is 17.5 Å². The maximum Gasteiger partial charge on any atom is 0.272 e. The molecule has 3 heterocycles. The third-order valence-electron chi connectivity index (χ3n) is 4.12. The normalized spacial score (nSPS) is 11.6. The molecule has 3 rings (SSSR count). The van der Waals surface area contributed by atoms with Gasteiger partial charge in [-0.05, 0) is 19.9 Å². The number of pyridine rings is 1. The van der Waals surface area contributed by atoms with Crippen molar-refractivity contribution in [1.29, 1.82) is 0 Å². The van der Waals surface area contributed by atoms with Crippen molar-refractivity contribution in [2.24, 2.45) is 0 Å². The highest BCUT2D eigenvalue weighted by Gasteiger charge is 2.21. The molecule has 0 bridgehead atoms. The Kier molecular flexibility index (Phi) is 7.25. The van der Waals surface area contributed by atoms with Crippen molar-refractivity contribution in [2.45, 2.75) is 24.8 Å². The number of carbonyl (C=O) groups excluding carboxylic acids is 1. The van der Waals surface area contributed by atoms with Crippen LogP contribution in [0.25, 0.3) is 0 Å². The molecule has 0 spiro atoms. The summed E-state index contributed by atoms with van der Waals surface area (Å²) in [5, 5.41) is 14.1. The van der Waals surface area contributed by atoms with Crippen molar-refractivity contribution in [3.05, 3.63) is 53.2 Å². The van der Waals surface area contributed by atoms with E-state index in [1.165, 1.54) is 12.3 Å². The highest BCUT2D eigenvalue weighted by molar-refractivity contribution is 7.89. The standard InChI is InChI=1S/C19H19B3N8O3S/c1-10-7-14(25-11(2)24-10)27-15-8-13(16(30-29-15)18(31)28-19(20,21)22)26-17-12(5-4-6-23-17)9-34(3,32)33/h4-8H,9H2,1-3H3,(H,28,31)(H2,23,24,25,26,27,29). The first-order valence-corrected chi connectivity index (χ1v) is 11.9. The summed E-state index contributed by atoms with van der Waals surface area (Å²) in [6.07, 6.45) is 2.58. The van der Waals surface area contributed by atoms with Crippen LogP contribution < -0.4 is 16.0 Å². The average Bonchev–Trinajstić information content (AvgIpc) is 2.66. The van der Waals surface area contributed by atoms with E-state index in [9.17, 15) is 13.2 Å². The topological polar surface area (TPSA) is 152 Å². The third kappa shape index (κ3) is 7.27. The van der Waals surface area contributed by atoms with Crippen LogP contribution in [0.3, 0.4) is 0 Å². The molecule has 0 aliphatic carbocycles. The van der Waals surface area contributed by atoms with Gasteiger partial charge in [0.05, 0.1) is 35.0 Å². The van der Waals surface area contributed by atoms with Gasteiger partial charge in [0.25, 0.3) is 5.91 Å². The summed E-state index contributed by atoms with van der Waals surface area (Å²) in [6, 6.07) is 6.37. The predicted molar refractivity (Wildman–Crippen MR) is 130 cm³/mol. The number of anilines is 4. The number of carbonyl (C=O) groups is 1. The minimum Gasteiger partial charge on any atom is -0.370 e.